The minimum absolute atomic E-state index is 0.755. The molecule has 0 N–H and O–H groups in total. The van der Waals surface area contributed by atoms with Crippen molar-refractivity contribution in [1.82, 2.24) is 4.90 Å². The Morgan fingerprint density at radius 1 is 1.17 bits per heavy atom. The summed E-state index contributed by atoms with van der Waals surface area (Å²) in [5, 5.41) is 0. The van der Waals surface area contributed by atoms with Gasteiger partial charge >= 0.3 is 0 Å². The van der Waals surface area contributed by atoms with Crippen LogP contribution in [0.5, 0.6) is 0 Å². The third-order valence-electron chi connectivity index (χ3n) is 4.27. The molecule has 0 amide bonds. The van der Waals surface area contributed by atoms with Gasteiger partial charge in [-0.1, -0.05) is 50.6 Å². The lowest BCUT2D eigenvalue weighted by Crippen LogP contribution is -2.42. The van der Waals surface area contributed by atoms with Crippen molar-refractivity contribution >= 4 is 0 Å². The second-order valence-corrected chi connectivity index (χ2v) is 5.85. The summed E-state index contributed by atoms with van der Waals surface area (Å²) < 4.78 is 0. The van der Waals surface area contributed by atoms with E-state index >= 15 is 0 Å². The van der Waals surface area contributed by atoms with Gasteiger partial charge in [-0.25, -0.2) is 0 Å². The van der Waals surface area contributed by atoms with Crippen LogP contribution in [0.1, 0.15) is 45.1 Å². The van der Waals surface area contributed by atoms with Crippen molar-refractivity contribution in [2.45, 2.75) is 52.0 Å². The van der Waals surface area contributed by atoms with Crippen molar-refractivity contribution in [2.24, 2.45) is 5.92 Å². The first kappa shape index (κ1) is 13.6. The molecule has 100 valence electrons. The molecule has 1 aromatic carbocycles. The predicted octanol–water partition coefficient (Wildman–Crippen LogP) is 4.13. The molecule has 1 atom stereocenters. The van der Waals surface area contributed by atoms with Gasteiger partial charge in [-0.3, -0.25) is 0 Å². The normalized spacial score (nSPS) is 19.9. The van der Waals surface area contributed by atoms with Gasteiger partial charge in [-0.2, -0.15) is 0 Å². The predicted molar refractivity (Wildman–Crippen MR) is 78.8 cm³/mol. The van der Waals surface area contributed by atoms with Crippen LogP contribution < -0.4 is 0 Å². The first-order chi connectivity index (χ1) is 8.79. The zero-order chi connectivity index (χ0) is 12.8. The second kappa shape index (κ2) is 6.94. The standard InChI is InChI=1S/C17H27N/c1-3-7-17(14-16-8-5-4-6-9-16)18-12-10-15(2)11-13-18/h4-6,8-9,15,17H,3,7,10-14H2,1-2H3. The van der Waals surface area contributed by atoms with E-state index in [4.69, 9.17) is 0 Å². The monoisotopic (exact) mass is 245 g/mol. The molecule has 0 radical (unpaired) electrons. The van der Waals surface area contributed by atoms with Gasteiger partial charge in [0.1, 0.15) is 0 Å². The average molecular weight is 245 g/mol. The molecule has 0 spiro atoms. The number of hydrogen-bond donors (Lipinski definition) is 0. The second-order valence-electron chi connectivity index (χ2n) is 5.85. The third kappa shape index (κ3) is 3.84. The zero-order valence-electron chi connectivity index (χ0n) is 11.9. The lowest BCUT2D eigenvalue weighted by Gasteiger charge is -2.37. The Labute approximate surface area is 112 Å². The molecule has 0 saturated carbocycles. The Morgan fingerprint density at radius 3 is 2.44 bits per heavy atom. The van der Waals surface area contributed by atoms with Crippen LogP contribution in [0.25, 0.3) is 0 Å². The maximum atomic E-state index is 2.73. The van der Waals surface area contributed by atoms with Crippen LogP contribution in [-0.4, -0.2) is 24.0 Å². The quantitative estimate of drug-likeness (QED) is 0.754. The van der Waals surface area contributed by atoms with Gasteiger partial charge in [-0.15, -0.1) is 0 Å². The highest BCUT2D eigenvalue weighted by molar-refractivity contribution is 5.16. The lowest BCUT2D eigenvalue weighted by atomic mass is 9.94. The molecule has 0 aromatic heterocycles. The Bertz CT molecular complexity index is 325. The molecule has 1 unspecified atom stereocenters. The summed E-state index contributed by atoms with van der Waals surface area (Å²) in [6.07, 6.45) is 6.62. The fourth-order valence-electron chi connectivity index (χ4n) is 3.03. The first-order valence-electron chi connectivity index (χ1n) is 7.57. The summed E-state index contributed by atoms with van der Waals surface area (Å²) in [7, 11) is 0. The molecule has 1 aliphatic rings. The number of piperidine rings is 1. The number of likely N-dealkylation sites (tertiary alicyclic amines) is 1. The maximum Gasteiger partial charge on any atom is 0.0136 e. The summed E-state index contributed by atoms with van der Waals surface area (Å²) in [5.74, 6) is 0.931. The number of rotatable bonds is 5. The van der Waals surface area contributed by atoms with E-state index in [9.17, 15) is 0 Å². The van der Waals surface area contributed by atoms with Gasteiger partial charge in [0.15, 0.2) is 0 Å². The molecule has 0 aliphatic carbocycles. The minimum atomic E-state index is 0.755. The summed E-state index contributed by atoms with van der Waals surface area (Å²) in [6.45, 7) is 7.31. The van der Waals surface area contributed by atoms with Gasteiger partial charge in [0.25, 0.3) is 0 Å². The van der Waals surface area contributed by atoms with Crippen molar-refractivity contribution in [3.8, 4) is 0 Å². The Kier molecular flexibility index (Phi) is 5.25. The van der Waals surface area contributed by atoms with E-state index in [-0.39, 0.29) is 0 Å². The van der Waals surface area contributed by atoms with Gasteiger partial charge in [-0.05, 0) is 50.3 Å². The molecule has 0 bridgehead atoms. The molecule has 1 saturated heterocycles. The van der Waals surface area contributed by atoms with Gasteiger partial charge in [0.2, 0.25) is 0 Å². The number of benzene rings is 1. The minimum Gasteiger partial charge on any atom is -0.300 e. The molecule has 1 heteroatoms. The molecular weight excluding hydrogens is 218 g/mol. The molecule has 18 heavy (non-hydrogen) atoms. The van der Waals surface area contributed by atoms with Crippen molar-refractivity contribution in [2.75, 3.05) is 13.1 Å². The molecule has 1 aromatic rings. The largest absolute Gasteiger partial charge is 0.300 e. The van der Waals surface area contributed by atoms with E-state index in [1.807, 2.05) is 0 Å². The molecular formula is C17H27N. The first-order valence-corrected chi connectivity index (χ1v) is 7.57. The van der Waals surface area contributed by atoms with Gasteiger partial charge in [0, 0.05) is 6.04 Å². The van der Waals surface area contributed by atoms with Crippen molar-refractivity contribution in [3.63, 3.8) is 0 Å². The number of nitrogens with zero attached hydrogens (tertiary/aromatic N) is 1. The summed E-state index contributed by atoms with van der Waals surface area (Å²) in [4.78, 5) is 2.73. The molecule has 2 rings (SSSR count). The Balaban J connectivity index is 1.95. The van der Waals surface area contributed by atoms with Gasteiger partial charge in [0.05, 0.1) is 0 Å². The Hall–Kier alpha value is -0.820. The van der Waals surface area contributed by atoms with Gasteiger partial charge < -0.3 is 4.90 Å². The van der Waals surface area contributed by atoms with Crippen molar-refractivity contribution in [3.05, 3.63) is 35.9 Å². The lowest BCUT2D eigenvalue weighted by molar-refractivity contribution is 0.130. The fourth-order valence-corrected chi connectivity index (χ4v) is 3.03. The summed E-state index contributed by atoms with van der Waals surface area (Å²) in [5.41, 5.74) is 1.49. The van der Waals surface area contributed by atoms with Crippen LogP contribution in [0.15, 0.2) is 30.3 Å². The topological polar surface area (TPSA) is 3.24 Å². The highest BCUT2D eigenvalue weighted by Crippen LogP contribution is 2.22. The van der Waals surface area contributed by atoms with E-state index in [0.717, 1.165) is 12.0 Å². The van der Waals surface area contributed by atoms with Crippen molar-refractivity contribution < 1.29 is 0 Å². The fraction of sp³-hybridized carbons (Fsp3) is 0.647. The van der Waals surface area contributed by atoms with Crippen LogP contribution >= 0.6 is 0 Å². The highest BCUT2D eigenvalue weighted by Gasteiger charge is 2.22. The van der Waals surface area contributed by atoms with Crippen LogP contribution in [0.2, 0.25) is 0 Å². The third-order valence-corrected chi connectivity index (χ3v) is 4.27. The molecule has 1 heterocycles. The van der Waals surface area contributed by atoms with E-state index < -0.39 is 0 Å². The van der Waals surface area contributed by atoms with E-state index in [1.165, 1.54) is 50.8 Å². The zero-order valence-corrected chi connectivity index (χ0v) is 11.9. The van der Waals surface area contributed by atoms with E-state index in [2.05, 4.69) is 49.1 Å². The highest BCUT2D eigenvalue weighted by atomic mass is 15.2. The average Bonchev–Trinajstić information content (AvgIpc) is 2.40. The molecule has 1 nitrogen and oxygen atoms in total. The number of hydrogen-bond acceptors (Lipinski definition) is 1. The maximum absolute atomic E-state index is 2.73. The molecule has 1 fully saturated rings. The van der Waals surface area contributed by atoms with Crippen LogP contribution in [0.3, 0.4) is 0 Å². The van der Waals surface area contributed by atoms with Crippen LogP contribution in [0.4, 0.5) is 0 Å². The van der Waals surface area contributed by atoms with E-state index in [1.54, 1.807) is 0 Å². The summed E-state index contributed by atoms with van der Waals surface area (Å²) in [6, 6.07) is 11.7. The molecule has 1 aliphatic heterocycles. The summed E-state index contributed by atoms with van der Waals surface area (Å²) >= 11 is 0. The van der Waals surface area contributed by atoms with E-state index in [0.29, 0.717) is 0 Å². The van der Waals surface area contributed by atoms with Crippen molar-refractivity contribution in [1.29, 1.82) is 0 Å². The Morgan fingerprint density at radius 2 is 1.83 bits per heavy atom. The SMILES string of the molecule is CCCC(Cc1ccccc1)N1CCC(C)CC1. The smallest absolute Gasteiger partial charge is 0.0136 e. The van der Waals surface area contributed by atoms with Crippen LogP contribution in [0, 0.1) is 5.92 Å². The van der Waals surface area contributed by atoms with Crippen LogP contribution in [-0.2, 0) is 6.42 Å².